The molecule has 6 heteroatoms. The van der Waals surface area contributed by atoms with Gasteiger partial charge in [-0.2, -0.15) is 4.98 Å². The van der Waals surface area contributed by atoms with Gasteiger partial charge in [0.2, 0.25) is 5.89 Å². The Labute approximate surface area is 124 Å². The second-order valence-electron chi connectivity index (χ2n) is 4.59. The highest BCUT2D eigenvalue weighted by molar-refractivity contribution is 9.10. The Morgan fingerprint density at radius 1 is 1.35 bits per heavy atom. The van der Waals surface area contributed by atoms with Gasteiger partial charge in [-0.25, -0.2) is 0 Å². The number of hydrogen-bond acceptors (Lipinski definition) is 5. The molecule has 1 N–H and O–H groups in total. The highest BCUT2D eigenvalue weighted by Crippen LogP contribution is 2.26. The number of benzene rings is 1. The normalized spacial score (nSPS) is 12.9. The molecule has 0 aliphatic heterocycles. The molecule has 0 spiro atoms. The van der Waals surface area contributed by atoms with Crippen molar-refractivity contribution in [2.75, 3.05) is 6.54 Å². The molecule has 2 heterocycles. The van der Waals surface area contributed by atoms with Gasteiger partial charge in [0.05, 0.1) is 6.04 Å². The van der Waals surface area contributed by atoms with Gasteiger partial charge in [0, 0.05) is 22.8 Å². The van der Waals surface area contributed by atoms with Crippen molar-refractivity contribution >= 4 is 26.9 Å². The van der Waals surface area contributed by atoms with Crippen LogP contribution >= 0.6 is 15.9 Å². The third-order valence-corrected chi connectivity index (χ3v) is 3.61. The van der Waals surface area contributed by atoms with E-state index in [-0.39, 0.29) is 6.04 Å². The summed E-state index contributed by atoms with van der Waals surface area (Å²) >= 11 is 3.46. The summed E-state index contributed by atoms with van der Waals surface area (Å²) in [5, 5.41) is 8.05. The minimum atomic E-state index is 0.129. The third kappa shape index (κ3) is 2.91. The molecule has 0 aliphatic carbocycles. The summed E-state index contributed by atoms with van der Waals surface area (Å²) in [6.07, 6.45) is 2.12. The predicted molar refractivity (Wildman–Crippen MR) is 78.3 cm³/mol. The molecule has 3 rings (SSSR count). The lowest BCUT2D eigenvalue weighted by Crippen LogP contribution is -2.21. The minimum absolute atomic E-state index is 0.129. The fourth-order valence-electron chi connectivity index (χ4n) is 2.05. The highest BCUT2D eigenvalue weighted by atomic mass is 79.9. The average Bonchev–Trinajstić information content (AvgIpc) is 3.06. The van der Waals surface area contributed by atoms with E-state index in [0.29, 0.717) is 12.3 Å². The fourth-order valence-corrected chi connectivity index (χ4v) is 2.43. The molecule has 0 radical (unpaired) electrons. The maximum Gasteiger partial charge on any atom is 0.227 e. The molecule has 5 nitrogen and oxygen atoms in total. The molecular weight excluding hydrogens is 322 g/mol. The molecule has 3 aromatic rings. The Kier molecular flexibility index (Phi) is 3.84. The van der Waals surface area contributed by atoms with Gasteiger partial charge in [-0.15, -0.1) is 0 Å². The van der Waals surface area contributed by atoms with Gasteiger partial charge in [0.1, 0.15) is 11.3 Å². The lowest BCUT2D eigenvalue weighted by Gasteiger charge is -2.09. The Bertz CT molecular complexity index is 694. The van der Waals surface area contributed by atoms with E-state index < -0.39 is 0 Å². The largest absolute Gasteiger partial charge is 0.459 e. The van der Waals surface area contributed by atoms with Crippen LogP contribution in [0.2, 0.25) is 0 Å². The quantitative estimate of drug-likeness (QED) is 0.773. The van der Waals surface area contributed by atoms with Crippen molar-refractivity contribution in [3.05, 3.63) is 46.7 Å². The fraction of sp³-hybridized carbons (Fsp3) is 0.286. The van der Waals surface area contributed by atoms with Gasteiger partial charge >= 0.3 is 0 Å². The van der Waals surface area contributed by atoms with E-state index in [1.54, 1.807) is 0 Å². The molecule has 1 atom stereocenters. The Hall–Kier alpha value is -1.66. The molecule has 0 saturated heterocycles. The van der Waals surface area contributed by atoms with E-state index in [1.165, 1.54) is 6.33 Å². The van der Waals surface area contributed by atoms with Crippen molar-refractivity contribution in [3.63, 3.8) is 0 Å². The summed E-state index contributed by atoms with van der Waals surface area (Å²) in [4.78, 5) is 3.98. The lowest BCUT2D eigenvalue weighted by atomic mass is 10.2. The van der Waals surface area contributed by atoms with Gasteiger partial charge in [-0.1, -0.05) is 21.1 Å². The molecule has 0 saturated carbocycles. The Morgan fingerprint density at radius 3 is 3.05 bits per heavy atom. The third-order valence-electron chi connectivity index (χ3n) is 3.12. The summed E-state index contributed by atoms with van der Waals surface area (Å²) in [5.74, 6) is 1.56. The first-order chi connectivity index (χ1) is 9.72. The first-order valence-corrected chi connectivity index (χ1v) is 7.19. The van der Waals surface area contributed by atoms with Crippen LogP contribution in [-0.4, -0.2) is 16.7 Å². The van der Waals surface area contributed by atoms with Crippen LogP contribution in [-0.2, 0) is 6.42 Å². The van der Waals surface area contributed by atoms with Gasteiger partial charge in [0.25, 0.3) is 0 Å². The van der Waals surface area contributed by atoms with Crippen molar-refractivity contribution in [2.45, 2.75) is 19.4 Å². The van der Waals surface area contributed by atoms with Crippen LogP contribution < -0.4 is 5.32 Å². The molecule has 104 valence electrons. The standard InChI is InChI=1S/C14H14BrN3O2/c1-9(16-5-4-14-17-8-18-20-14)13-7-10-6-11(15)2-3-12(10)19-13/h2-3,6-9,16H,4-5H2,1H3. The van der Waals surface area contributed by atoms with Crippen molar-refractivity contribution in [2.24, 2.45) is 0 Å². The van der Waals surface area contributed by atoms with Crippen molar-refractivity contribution in [1.82, 2.24) is 15.5 Å². The number of furan rings is 1. The maximum absolute atomic E-state index is 5.84. The molecule has 0 bridgehead atoms. The first kappa shape index (κ1) is 13.3. The Balaban J connectivity index is 1.64. The number of aromatic nitrogens is 2. The predicted octanol–water partition coefficient (Wildman–Crippen LogP) is 3.47. The summed E-state index contributed by atoms with van der Waals surface area (Å²) in [6.45, 7) is 2.82. The number of nitrogens with zero attached hydrogens (tertiary/aromatic N) is 2. The summed E-state index contributed by atoms with van der Waals surface area (Å²) < 4.78 is 11.8. The number of nitrogens with one attached hydrogen (secondary N) is 1. The van der Waals surface area contributed by atoms with E-state index in [2.05, 4.69) is 44.4 Å². The molecular formula is C14H14BrN3O2. The molecule has 1 unspecified atom stereocenters. The first-order valence-electron chi connectivity index (χ1n) is 6.40. The summed E-state index contributed by atoms with van der Waals surface area (Å²) in [6, 6.07) is 8.18. The molecule has 20 heavy (non-hydrogen) atoms. The highest BCUT2D eigenvalue weighted by Gasteiger charge is 2.11. The van der Waals surface area contributed by atoms with E-state index in [0.717, 1.165) is 27.7 Å². The van der Waals surface area contributed by atoms with Gasteiger partial charge in [-0.05, 0) is 31.2 Å². The number of fused-ring (bicyclic) bond motifs is 1. The van der Waals surface area contributed by atoms with Gasteiger partial charge in [-0.3, -0.25) is 0 Å². The molecule has 1 aromatic carbocycles. The number of hydrogen-bond donors (Lipinski definition) is 1. The van der Waals surface area contributed by atoms with Gasteiger partial charge < -0.3 is 14.3 Å². The zero-order chi connectivity index (χ0) is 13.9. The zero-order valence-corrected chi connectivity index (χ0v) is 12.6. The average molecular weight is 336 g/mol. The van der Waals surface area contributed by atoms with E-state index >= 15 is 0 Å². The Morgan fingerprint density at radius 2 is 2.25 bits per heavy atom. The number of halogens is 1. The van der Waals surface area contributed by atoms with Crippen LogP contribution in [0.4, 0.5) is 0 Å². The molecule has 0 amide bonds. The van der Waals surface area contributed by atoms with Crippen LogP contribution in [0, 0.1) is 0 Å². The maximum atomic E-state index is 5.84. The zero-order valence-electron chi connectivity index (χ0n) is 11.0. The van der Waals surface area contributed by atoms with Crippen molar-refractivity contribution in [3.8, 4) is 0 Å². The smallest absolute Gasteiger partial charge is 0.227 e. The number of rotatable bonds is 5. The molecule has 0 fully saturated rings. The summed E-state index contributed by atoms with van der Waals surface area (Å²) in [5.41, 5.74) is 0.897. The summed E-state index contributed by atoms with van der Waals surface area (Å²) in [7, 11) is 0. The van der Waals surface area contributed by atoms with E-state index in [9.17, 15) is 0 Å². The SMILES string of the molecule is CC(NCCc1ncno1)c1cc2cc(Br)ccc2o1. The van der Waals surface area contributed by atoms with E-state index in [1.807, 2.05) is 18.2 Å². The lowest BCUT2D eigenvalue weighted by molar-refractivity contribution is 0.369. The minimum Gasteiger partial charge on any atom is -0.459 e. The monoisotopic (exact) mass is 335 g/mol. The second kappa shape index (κ2) is 5.76. The van der Waals surface area contributed by atoms with E-state index in [4.69, 9.17) is 8.94 Å². The second-order valence-corrected chi connectivity index (χ2v) is 5.51. The van der Waals surface area contributed by atoms with Crippen LogP contribution in [0.15, 0.2) is 44.0 Å². The van der Waals surface area contributed by atoms with Crippen molar-refractivity contribution in [1.29, 1.82) is 0 Å². The molecule has 0 aliphatic rings. The topological polar surface area (TPSA) is 64.1 Å². The molecule has 2 aromatic heterocycles. The van der Waals surface area contributed by atoms with Crippen LogP contribution in [0.5, 0.6) is 0 Å². The van der Waals surface area contributed by atoms with Crippen LogP contribution in [0.1, 0.15) is 24.6 Å². The van der Waals surface area contributed by atoms with Crippen molar-refractivity contribution < 1.29 is 8.94 Å². The van der Waals surface area contributed by atoms with Crippen LogP contribution in [0.25, 0.3) is 11.0 Å². The van der Waals surface area contributed by atoms with Gasteiger partial charge in [0.15, 0.2) is 6.33 Å². The van der Waals surface area contributed by atoms with Crippen LogP contribution in [0.3, 0.4) is 0 Å².